The first-order chi connectivity index (χ1) is 14.7. The summed E-state index contributed by atoms with van der Waals surface area (Å²) in [7, 11) is 0. The van der Waals surface area contributed by atoms with Gasteiger partial charge in [0.15, 0.2) is 0 Å². The number of fused-ring (bicyclic) bond motifs is 3. The SMILES string of the molecule is Cc1cccc(C2Nc3c(C(=O)NCc4ccccc4)cccc3C3C=CCC32)c1. The first-order valence-electron chi connectivity index (χ1n) is 10.7. The van der Waals surface area contributed by atoms with Crippen LogP contribution in [0.25, 0.3) is 0 Å². The maximum Gasteiger partial charge on any atom is 0.253 e. The number of amides is 1. The van der Waals surface area contributed by atoms with Crippen LogP contribution in [0.3, 0.4) is 0 Å². The summed E-state index contributed by atoms with van der Waals surface area (Å²) < 4.78 is 0. The van der Waals surface area contributed by atoms with Gasteiger partial charge < -0.3 is 10.6 Å². The number of hydrogen-bond acceptors (Lipinski definition) is 2. The van der Waals surface area contributed by atoms with Crippen LogP contribution >= 0.6 is 0 Å². The molecule has 30 heavy (non-hydrogen) atoms. The summed E-state index contributed by atoms with van der Waals surface area (Å²) in [6.07, 6.45) is 5.66. The topological polar surface area (TPSA) is 41.1 Å². The Bertz CT molecular complexity index is 1100. The van der Waals surface area contributed by atoms with E-state index in [0.717, 1.165) is 23.2 Å². The number of para-hydroxylation sites is 1. The Labute approximate surface area is 177 Å². The number of anilines is 1. The Morgan fingerprint density at radius 3 is 2.70 bits per heavy atom. The van der Waals surface area contributed by atoms with Gasteiger partial charge in [-0.25, -0.2) is 0 Å². The summed E-state index contributed by atoms with van der Waals surface area (Å²) in [5.41, 5.74) is 6.57. The van der Waals surface area contributed by atoms with Crippen LogP contribution in [0.2, 0.25) is 0 Å². The maximum absolute atomic E-state index is 13.1. The fourth-order valence-electron chi connectivity index (χ4n) is 4.88. The van der Waals surface area contributed by atoms with E-state index in [9.17, 15) is 4.79 Å². The molecule has 0 fully saturated rings. The molecule has 1 heterocycles. The van der Waals surface area contributed by atoms with Crippen molar-refractivity contribution < 1.29 is 4.79 Å². The molecule has 5 rings (SSSR count). The van der Waals surface area contributed by atoms with Crippen LogP contribution in [0, 0.1) is 12.8 Å². The molecule has 0 spiro atoms. The fourth-order valence-corrected chi connectivity index (χ4v) is 4.88. The molecule has 3 nitrogen and oxygen atoms in total. The van der Waals surface area contributed by atoms with Gasteiger partial charge >= 0.3 is 0 Å². The van der Waals surface area contributed by atoms with Crippen LogP contribution in [0.1, 0.15) is 51.0 Å². The molecular formula is C27H26N2O. The van der Waals surface area contributed by atoms with Gasteiger partial charge in [-0.2, -0.15) is 0 Å². The monoisotopic (exact) mass is 394 g/mol. The summed E-state index contributed by atoms with van der Waals surface area (Å²) in [4.78, 5) is 13.1. The summed E-state index contributed by atoms with van der Waals surface area (Å²) in [5, 5.41) is 6.85. The van der Waals surface area contributed by atoms with Gasteiger partial charge in [0.25, 0.3) is 5.91 Å². The standard InChI is InChI=1S/C27H26N2O/c1-18-8-5-11-20(16-18)25-22-13-6-12-21(22)23-14-7-15-24(26(23)29-25)27(30)28-17-19-9-3-2-4-10-19/h2-12,14-16,21-22,25,29H,13,17H2,1H3,(H,28,30). The quantitative estimate of drug-likeness (QED) is 0.553. The van der Waals surface area contributed by atoms with Crippen LogP contribution in [0.5, 0.6) is 0 Å². The molecule has 3 aromatic carbocycles. The summed E-state index contributed by atoms with van der Waals surface area (Å²) in [6, 6.07) is 25.0. The summed E-state index contributed by atoms with van der Waals surface area (Å²) in [6.45, 7) is 2.66. The van der Waals surface area contributed by atoms with E-state index < -0.39 is 0 Å². The van der Waals surface area contributed by atoms with E-state index in [1.54, 1.807) is 0 Å². The fraction of sp³-hybridized carbons (Fsp3) is 0.222. The number of carbonyl (C=O) groups excluding carboxylic acids is 1. The number of carbonyl (C=O) groups is 1. The van der Waals surface area contributed by atoms with Gasteiger partial charge in [-0.05, 0) is 42.0 Å². The molecule has 3 atom stereocenters. The lowest BCUT2D eigenvalue weighted by atomic mass is 9.76. The van der Waals surface area contributed by atoms with E-state index in [1.807, 2.05) is 42.5 Å². The molecule has 0 saturated carbocycles. The Hall–Kier alpha value is -3.33. The lowest BCUT2D eigenvalue weighted by molar-refractivity contribution is 0.0951. The van der Waals surface area contributed by atoms with Crippen LogP contribution in [0.15, 0.2) is 84.9 Å². The van der Waals surface area contributed by atoms with Crippen molar-refractivity contribution in [3.63, 3.8) is 0 Å². The molecular weight excluding hydrogens is 368 g/mol. The molecule has 150 valence electrons. The molecule has 1 aliphatic carbocycles. The van der Waals surface area contributed by atoms with E-state index in [0.29, 0.717) is 18.4 Å². The first kappa shape index (κ1) is 18.7. The van der Waals surface area contributed by atoms with Crippen molar-refractivity contribution in [3.8, 4) is 0 Å². The molecule has 3 aromatic rings. The van der Waals surface area contributed by atoms with Crippen LogP contribution < -0.4 is 10.6 Å². The molecule has 0 saturated heterocycles. The number of nitrogens with one attached hydrogen (secondary N) is 2. The Morgan fingerprint density at radius 2 is 1.87 bits per heavy atom. The normalized spacial score (nSPS) is 21.4. The summed E-state index contributed by atoms with van der Waals surface area (Å²) >= 11 is 0. The van der Waals surface area contributed by atoms with Gasteiger partial charge in [0.1, 0.15) is 0 Å². The van der Waals surface area contributed by atoms with Crippen LogP contribution in [-0.4, -0.2) is 5.91 Å². The Balaban J connectivity index is 1.47. The van der Waals surface area contributed by atoms with E-state index in [2.05, 4.69) is 60.0 Å². The van der Waals surface area contributed by atoms with Crippen LogP contribution in [0.4, 0.5) is 5.69 Å². The largest absolute Gasteiger partial charge is 0.377 e. The third-order valence-corrected chi connectivity index (χ3v) is 6.34. The molecule has 1 aliphatic heterocycles. The van der Waals surface area contributed by atoms with Gasteiger partial charge in [0.2, 0.25) is 0 Å². The second-order valence-corrected chi connectivity index (χ2v) is 8.33. The number of aryl methyl sites for hydroxylation is 1. The zero-order valence-corrected chi connectivity index (χ0v) is 17.1. The highest BCUT2D eigenvalue weighted by Crippen LogP contribution is 2.50. The molecule has 0 bridgehead atoms. The minimum Gasteiger partial charge on any atom is -0.377 e. The van der Waals surface area contributed by atoms with Crippen molar-refractivity contribution in [2.45, 2.75) is 31.8 Å². The maximum atomic E-state index is 13.1. The summed E-state index contributed by atoms with van der Waals surface area (Å²) in [5.74, 6) is 0.780. The predicted molar refractivity (Wildman–Crippen MR) is 122 cm³/mol. The number of hydrogen-bond donors (Lipinski definition) is 2. The highest BCUT2D eigenvalue weighted by atomic mass is 16.1. The highest BCUT2D eigenvalue weighted by Gasteiger charge is 2.39. The molecule has 3 unspecified atom stereocenters. The average Bonchev–Trinajstić information content (AvgIpc) is 3.27. The number of benzene rings is 3. The molecule has 0 radical (unpaired) electrons. The van der Waals surface area contributed by atoms with Gasteiger partial charge in [-0.15, -0.1) is 0 Å². The van der Waals surface area contributed by atoms with Gasteiger partial charge in [0, 0.05) is 12.5 Å². The predicted octanol–water partition coefficient (Wildman–Crippen LogP) is 5.75. The smallest absolute Gasteiger partial charge is 0.253 e. The van der Waals surface area contributed by atoms with Gasteiger partial charge in [0.05, 0.1) is 17.3 Å². The lowest BCUT2D eigenvalue weighted by Gasteiger charge is -2.38. The first-order valence-corrected chi connectivity index (χ1v) is 10.7. The highest BCUT2D eigenvalue weighted by molar-refractivity contribution is 6.00. The van der Waals surface area contributed by atoms with Crippen LogP contribution in [-0.2, 0) is 6.54 Å². The molecule has 2 aliphatic rings. The molecule has 3 heteroatoms. The van der Waals surface area contributed by atoms with E-state index in [4.69, 9.17) is 0 Å². The zero-order chi connectivity index (χ0) is 20.5. The zero-order valence-electron chi connectivity index (χ0n) is 17.1. The van der Waals surface area contributed by atoms with Crippen molar-refractivity contribution in [2.75, 3.05) is 5.32 Å². The minimum absolute atomic E-state index is 0.0355. The number of rotatable bonds is 4. The van der Waals surface area contributed by atoms with Crippen molar-refractivity contribution in [1.29, 1.82) is 0 Å². The second-order valence-electron chi connectivity index (χ2n) is 8.33. The second kappa shape index (κ2) is 7.83. The third kappa shape index (κ3) is 3.41. The van der Waals surface area contributed by atoms with Crippen molar-refractivity contribution in [1.82, 2.24) is 5.32 Å². The van der Waals surface area contributed by atoms with E-state index in [-0.39, 0.29) is 11.9 Å². The van der Waals surface area contributed by atoms with Gasteiger partial charge in [-0.1, -0.05) is 84.4 Å². The lowest BCUT2D eigenvalue weighted by Crippen LogP contribution is -2.32. The Kier molecular flexibility index (Phi) is 4.88. The number of allylic oxidation sites excluding steroid dienone is 2. The minimum atomic E-state index is -0.0355. The van der Waals surface area contributed by atoms with E-state index in [1.165, 1.54) is 16.7 Å². The van der Waals surface area contributed by atoms with Crippen molar-refractivity contribution in [3.05, 3.63) is 113 Å². The molecule has 2 N–H and O–H groups in total. The van der Waals surface area contributed by atoms with Crippen molar-refractivity contribution in [2.24, 2.45) is 5.92 Å². The van der Waals surface area contributed by atoms with E-state index >= 15 is 0 Å². The van der Waals surface area contributed by atoms with Gasteiger partial charge in [-0.3, -0.25) is 4.79 Å². The average molecular weight is 395 g/mol. The molecule has 1 amide bonds. The Morgan fingerprint density at radius 1 is 1.03 bits per heavy atom. The van der Waals surface area contributed by atoms with Crippen molar-refractivity contribution >= 4 is 11.6 Å². The third-order valence-electron chi connectivity index (χ3n) is 6.34. The molecule has 0 aromatic heterocycles.